The van der Waals surface area contributed by atoms with Gasteiger partial charge in [-0.05, 0) is 51.0 Å². The van der Waals surface area contributed by atoms with Gasteiger partial charge >= 0.3 is 0 Å². The molecule has 1 unspecified atom stereocenters. The largest absolute Gasteiger partial charge is 0.337 e. The van der Waals surface area contributed by atoms with Crippen molar-refractivity contribution >= 4 is 17.2 Å². The molecule has 1 saturated carbocycles. The maximum absolute atomic E-state index is 12.7. The SMILES string of the molecule is O=C1CCC2(CCCN(Cc3nccs3)CC2)N1CC1CCCCC1. The molecule has 2 aliphatic heterocycles. The highest BCUT2D eigenvalue weighted by molar-refractivity contribution is 7.09. The van der Waals surface area contributed by atoms with Crippen LogP contribution in [-0.2, 0) is 11.3 Å². The number of hydrogen-bond acceptors (Lipinski definition) is 4. The summed E-state index contributed by atoms with van der Waals surface area (Å²) in [7, 11) is 0. The highest BCUT2D eigenvalue weighted by atomic mass is 32.1. The summed E-state index contributed by atoms with van der Waals surface area (Å²) in [5.74, 6) is 1.18. The van der Waals surface area contributed by atoms with Crippen LogP contribution in [0.25, 0.3) is 0 Å². The third-order valence-corrected chi connectivity index (χ3v) is 7.46. The number of carbonyl (C=O) groups is 1. The molecule has 0 bridgehead atoms. The summed E-state index contributed by atoms with van der Waals surface area (Å²) in [6.45, 7) is 4.26. The number of nitrogens with zero attached hydrogens (tertiary/aromatic N) is 3. The number of hydrogen-bond donors (Lipinski definition) is 0. The van der Waals surface area contributed by atoms with Gasteiger partial charge in [0.15, 0.2) is 0 Å². The van der Waals surface area contributed by atoms with E-state index < -0.39 is 0 Å². The average Bonchev–Trinajstić information content (AvgIpc) is 3.18. The van der Waals surface area contributed by atoms with E-state index >= 15 is 0 Å². The van der Waals surface area contributed by atoms with Gasteiger partial charge in [0.05, 0.1) is 6.54 Å². The highest BCUT2D eigenvalue weighted by Crippen LogP contribution is 2.41. The van der Waals surface area contributed by atoms with E-state index in [1.807, 2.05) is 6.20 Å². The molecule has 0 radical (unpaired) electrons. The summed E-state index contributed by atoms with van der Waals surface area (Å²) >= 11 is 1.75. The first kappa shape index (κ1) is 17.5. The molecule has 1 aromatic rings. The van der Waals surface area contributed by atoms with Gasteiger partial charge in [-0.15, -0.1) is 11.3 Å². The first-order chi connectivity index (χ1) is 12.3. The molecular formula is C20H31N3OS. The Morgan fingerprint density at radius 2 is 2.00 bits per heavy atom. The molecule has 25 heavy (non-hydrogen) atoms. The molecule has 3 heterocycles. The predicted molar refractivity (Wildman–Crippen MR) is 101 cm³/mol. The summed E-state index contributed by atoms with van der Waals surface area (Å²) in [4.78, 5) is 22.0. The number of aromatic nitrogens is 1. The van der Waals surface area contributed by atoms with Crippen LogP contribution >= 0.6 is 11.3 Å². The van der Waals surface area contributed by atoms with Gasteiger partial charge in [0.1, 0.15) is 5.01 Å². The lowest BCUT2D eigenvalue weighted by Gasteiger charge is -2.41. The minimum absolute atomic E-state index is 0.159. The molecule has 4 nitrogen and oxygen atoms in total. The van der Waals surface area contributed by atoms with E-state index in [-0.39, 0.29) is 5.54 Å². The van der Waals surface area contributed by atoms with Crippen LogP contribution < -0.4 is 0 Å². The zero-order valence-corrected chi connectivity index (χ0v) is 16.1. The lowest BCUT2D eigenvalue weighted by Crippen LogP contribution is -2.48. The van der Waals surface area contributed by atoms with Crippen LogP contribution in [0.15, 0.2) is 11.6 Å². The normalized spacial score (nSPS) is 29.4. The number of thiazole rings is 1. The van der Waals surface area contributed by atoms with E-state index in [1.54, 1.807) is 11.3 Å². The maximum Gasteiger partial charge on any atom is 0.223 e. The topological polar surface area (TPSA) is 36.4 Å². The molecule has 1 atom stereocenters. The fourth-order valence-electron chi connectivity index (χ4n) is 5.23. The molecule has 0 aromatic carbocycles. The summed E-state index contributed by atoms with van der Waals surface area (Å²) in [6.07, 6.45) is 14.1. The molecule has 5 heteroatoms. The summed E-state index contributed by atoms with van der Waals surface area (Å²) < 4.78 is 0. The lowest BCUT2D eigenvalue weighted by atomic mass is 9.84. The van der Waals surface area contributed by atoms with Crippen molar-refractivity contribution in [1.82, 2.24) is 14.8 Å². The lowest BCUT2D eigenvalue weighted by molar-refractivity contribution is -0.132. The molecule has 3 aliphatic rings. The van der Waals surface area contributed by atoms with Crippen LogP contribution in [0.2, 0.25) is 0 Å². The Bertz CT molecular complexity index is 570. The second-order valence-corrected chi connectivity index (χ2v) is 9.27. The molecule has 138 valence electrons. The fraction of sp³-hybridized carbons (Fsp3) is 0.800. The van der Waals surface area contributed by atoms with Crippen LogP contribution in [0.5, 0.6) is 0 Å². The van der Waals surface area contributed by atoms with E-state index in [4.69, 9.17) is 0 Å². The summed E-state index contributed by atoms with van der Waals surface area (Å²) in [5, 5.41) is 3.29. The van der Waals surface area contributed by atoms with Crippen molar-refractivity contribution in [2.24, 2.45) is 5.92 Å². The van der Waals surface area contributed by atoms with Crippen LogP contribution in [0, 0.1) is 5.92 Å². The fourth-order valence-corrected chi connectivity index (χ4v) is 5.89. The van der Waals surface area contributed by atoms with E-state index in [2.05, 4.69) is 20.2 Å². The molecular weight excluding hydrogens is 330 g/mol. The van der Waals surface area contributed by atoms with Gasteiger partial charge in [0.25, 0.3) is 0 Å². The van der Waals surface area contributed by atoms with Gasteiger partial charge in [0, 0.05) is 36.6 Å². The van der Waals surface area contributed by atoms with Gasteiger partial charge < -0.3 is 4.90 Å². The third-order valence-electron chi connectivity index (χ3n) is 6.70. The summed E-state index contributed by atoms with van der Waals surface area (Å²) in [5.41, 5.74) is 0.159. The van der Waals surface area contributed by atoms with Gasteiger partial charge in [0.2, 0.25) is 5.91 Å². The van der Waals surface area contributed by atoms with Gasteiger partial charge in [-0.3, -0.25) is 9.69 Å². The van der Waals surface area contributed by atoms with Crippen molar-refractivity contribution in [3.63, 3.8) is 0 Å². The Kier molecular flexibility index (Phi) is 5.41. The zero-order valence-electron chi connectivity index (χ0n) is 15.3. The monoisotopic (exact) mass is 361 g/mol. The van der Waals surface area contributed by atoms with Crippen LogP contribution in [0.4, 0.5) is 0 Å². The van der Waals surface area contributed by atoms with Gasteiger partial charge in [-0.2, -0.15) is 0 Å². The minimum Gasteiger partial charge on any atom is -0.337 e. The minimum atomic E-state index is 0.159. The number of likely N-dealkylation sites (tertiary alicyclic amines) is 2. The molecule has 1 amide bonds. The predicted octanol–water partition coefficient (Wildman–Crippen LogP) is 4.07. The van der Waals surface area contributed by atoms with Crippen molar-refractivity contribution < 1.29 is 4.79 Å². The van der Waals surface area contributed by atoms with Gasteiger partial charge in [-0.1, -0.05) is 19.3 Å². The quantitative estimate of drug-likeness (QED) is 0.811. The number of carbonyl (C=O) groups excluding carboxylic acids is 1. The molecule has 1 spiro atoms. The average molecular weight is 362 g/mol. The van der Waals surface area contributed by atoms with Crippen LogP contribution in [0.3, 0.4) is 0 Å². The third kappa shape index (κ3) is 3.92. The molecule has 2 saturated heterocycles. The second kappa shape index (κ2) is 7.75. The molecule has 3 fully saturated rings. The first-order valence-corrected chi connectivity index (χ1v) is 11.0. The zero-order chi connectivity index (χ0) is 17.1. The van der Waals surface area contributed by atoms with Crippen LogP contribution in [-0.4, -0.2) is 45.9 Å². The van der Waals surface area contributed by atoms with E-state index in [0.29, 0.717) is 5.91 Å². The summed E-state index contributed by atoms with van der Waals surface area (Å²) in [6, 6.07) is 0. The van der Waals surface area contributed by atoms with Crippen molar-refractivity contribution in [2.45, 2.75) is 76.3 Å². The molecule has 1 aromatic heterocycles. The van der Waals surface area contributed by atoms with Gasteiger partial charge in [-0.25, -0.2) is 4.98 Å². The van der Waals surface area contributed by atoms with Crippen molar-refractivity contribution in [2.75, 3.05) is 19.6 Å². The Labute approximate surface area is 155 Å². The van der Waals surface area contributed by atoms with E-state index in [0.717, 1.165) is 51.4 Å². The Balaban J connectivity index is 1.41. The number of rotatable bonds is 4. The van der Waals surface area contributed by atoms with E-state index in [9.17, 15) is 4.79 Å². The maximum atomic E-state index is 12.7. The smallest absolute Gasteiger partial charge is 0.223 e. The number of amides is 1. The van der Waals surface area contributed by atoms with Crippen molar-refractivity contribution in [1.29, 1.82) is 0 Å². The van der Waals surface area contributed by atoms with Crippen LogP contribution in [0.1, 0.15) is 69.2 Å². The second-order valence-electron chi connectivity index (χ2n) is 8.29. The van der Waals surface area contributed by atoms with Crippen molar-refractivity contribution in [3.05, 3.63) is 16.6 Å². The Hall–Kier alpha value is -0.940. The molecule has 1 aliphatic carbocycles. The van der Waals surface area contributed by atoms with E-state index in [1.165, 1.54) is 50.0 Å². The molecule has 0 N–H and O–H groups in total. The Morgan fingerprint density at radius 1 is 1.12 bits per heavy atom. The standard InChI is InChI=1S/C20H31N3OS/c24-19-7-9-20(23(19)15-17-5-2-1-3-6-17)8-4-12-22(13-10-20)16-18-21-11-14-25-18/h11,14,17H,1-10,12-13,15-16H2. The Morgan fingerprint density at radius 3 is 2.80 bits per heavy atom. The molecule has 4 rings (SSSR count). The highest BCUT2D eigenvalue weighted by Gasteiger charge is 2.46. The van der Waals surface area contributed by atoms with Crippen molar-refractivity contribution in [3.8, 4) is 0 Å². The first-order valence-electron chi connectivity index (χ1n) is 10.2.